The third kappa shape index (κ3) is 4.49. The molecule has 0 aliphatic rings. The maximum absolute atomic E-state index is 12.3. The molecular formula is C17H18BrNO3. The standard InChI is InChI=1S/C17H18BrNO3/c1-3-21-16-10-5-4-9-15(16)19-17(20)12(2)22-14-8-6-7-13(18)11-14/h4-12H,3H2,1-2H3,(H,19,20)/t12-/m0/s1. The van der Waals surface area contributed by atoms with E-state index in [0.717, 1.165) is 4.47 Å². The Bertz CT molecular complexity index is 645. The predicted molar refractivity (Wildman–Crippen MR) is 90.5 cm³/mol. The molecule has 2 rings (SSSR count). The van der Waals surface area contributed by atoms with E-state index in [0.29, 0.717) is 23.8 Å². The molecule has 0 saturated heterocycles. The van der Waals surface area contributed by atoms with Crippen LogP contribution in [-0.2, 0) is 4.79 Å². The molecule has 116 valence electrons. The average Bonchev–Trinajstić information content (AvgIpc) is 2.49. The van der Waals surface area contributed by atoms with Crippen LogP contribution in [0.5, 0.6) is 11.5 Å². The minimum atomic E-state index is -0.621. The van der Waals surface area contributed by atoms with Crippen LogP contribution in [0.2, 0.25) is 0 Å². The fourth-order valence-electron chi connectivity index (χ4n) is 1.88. The van der Waals surface area contributed by atoms with Crippen molar-refractivity contribution in [3.05, 3.63) is 53.0 Å². The monoisotopic (exact) mass is 363 g/mol. The van der Waals surface area contributed by atoms with E-state index in [9.17, 15) is 4.79 Å². The molecule has 4 nitrogen and oxygen atoms in total. The first-order valence-corrected chi connectivity index (χ1v) is 7.84. The number of hydrogen-bond donors (Lipinski definition) is 1. The highest BCUT2D eigenvalue weighted by Crippen LogP contribution is 2.24. The third-order valence-corrected chi connectivity index (χ3v) is 3.42. The summed E-state index contributed by atoms with van der Waals surface area (Å²) in [5.41, 5.74) is 0.638. The van der Waals surface area contributed by atoms with Crippen molar-refractivity contribution in [2.24, 2.45) is 0 Å². The van der Waals surface area contributed by atoms with Crippen LogP contribution in [0.4, 0.5) is 5.69 Å². The SMILES string of the molecule is CCOc1ccccc1NC(=O)[C@H](C)Oc1cccc(Br)c1. The summed E-state index contributed by atoms with van der Waals surface area (Å²) in [4.78, 5) is 12.3. The smallest absolute Gasteiger partial charge is 0.265 e. The second-order valence-corrected chi connectivity index (χ2v) is 5.55. The molecule has 0 fully saturated rings. The highest BCUT2D eigenvalue weighted by atomic mass is 79.9. The third-order valence-electron chi connectivity index (χ3n) is 2.92. The van der Waals surface area contributed by atoms with Crippen LogP contribution < -0.4 is 14.8 Å². The van der Waals surface area contributed by atoms with Crippen LogP contribution in [-0.4, -0.2) is 18.6 Å². The Kier molecular flexibility index (Phi) is 5.83. The Labute approximate surface area is 138 Å². The summed E-state index contributed by atoms with van der Waals surface area (Å²) < 4.78 is 12.0. The molecule has 2 aromatic carbocycles. The Hall–Kier alpha value is -2.01. The molecule has 1 N–H and O–H groups in total. The van der Waals surface area contributed by atoms with Crippen LogP contribution in [0.25, 0.3) is 0 Å². The number of hydrogen-bond acceptors (Lipinski definition) is 3. The van der Waals surface area contributed by atoms with Crippen molar-refractivity contribution in [3.8, 4) is 11.5 Å². The number of carbonyl (C=O) groups is 1. The first-order valence-electron chi connectivity index (χ1n) is 7.05. The van der Waals surface area contributed by atoms with E-state index in [1.807, 2.05) is 49.4 Å². The predicted octanol–water partition coefficient (Wildman–Crippen LogP) is 4.25. The minimum absolute atomic E-state index is 0.230. The van der Waals surface area contributed by atoms with Gasteiger partial charge >= 0.3 is 0 Å². The van der Waals surface area contributed by atoms with Crippen molar-refractivity contribution in [1.82, 2.24) is 0 Å². The van der Waals surface area contributed by atoms with Crippen molar-refractivity contribution in [2.75, 3.05) is 11.9 Å². The Balaban J connectivity index is 2.02. The normalized spacial score (nSPS) is 11.6. The zero-order chi connectivity index (χ0) is 15.9. The summed E-state index contributed by atoms with van der Waals surface area (Å²) in [5, 5.41) is 2.83. The van der Waals surface area contributed by atoms with Gasteiger partial charge in [0.15, 0.2) is 6.10 Å². The second kappa shape index (κ2) is 7.84. The van der Waals surface area contributed by atoms with Gasteiger partial charge in [-0.2, -0.15) is 0 Å². The quantitative estimate of drug-likeness (QED) is 0.834. The zero-order valence-corrected chi connectivity index (χ0v) is 14.1. The minimum Gasteiger partial charge on any atom is -0.492 e. The molecule has 0 aromatic heterocycles. The number of para-hydroxylation sites is 2. The average molecular weight is 364 g/mol. The molecule has 1 amide bonds. The summed E-state index contributed by atoms with van der Waals surface area (Å²) in [6.07, 6.45) is -0.621. The summed E-state index contributed by atoms with van der Waals surface area (Å²) in [6, 6.07) is 14.7. The van der Waals surface area contributed by atoms with Gasteiger partial charge < -0.3 is 14.8 Å². The maximum Gasteiger partial charge on any atom is 0.265 e. The summed E-state index contributed by atoms with van der Waals surface area (Å²) in [5.74, 6) is 1.05. The fourth-order valence-corrected chi connectivity index (χ4v) is 2.26. The zero-order valence-electron chi connectivity index (χ0n) is 12.5. The lowest BCUT2D eigenvalue weighted by atomic mass is 10.2. The lowest BCUT2D eigenvalue weighted by Crippen LogP contribution is -2.30. The topological polar surface area (TPSA) is 47.6 Å². The van der Waals surface area contributed by atoms with Crippen LogP contribution in [0.3, 0.4) is 0 Å². The van der Waals surface area contributed by atoms with Gasteiger partial charge in [-0.25, -0.2) is 0 Å². The summed E-state index contributed by atoms with van der Waals surface area (Å²) >= 11 is 3.37. The van der Waals surface area contributed by atoms with E-state index in [4.69, 9.17) is 9.47 Å². The van der Waals surface area contributed by atoms with E-state index in [-0.39, 0.29) is 5.91 Å². The van der Waals surface area contributed by atoms with Gasteiger partial charge in [0.2, 0.25) is 0 Å². The number of nitrogens with one attached hydrogen (secondary N) is 1. The first-order chi connectivity index (χ1) is 10.6. The molecule has 2 aromatic rings. The molecule has 0 bridgehead atoms. The lowest BCUT2D eigenvalue weighted by molar-refractivity contribution is -0.122. The molecular weight excluding hydrogens is 346 g/mol. The number of carbonyl (C=O) groups excluding carboxylic acids is 1. The number of halogens is 1. The van der Waals surface area contributed by atoms with Gasteiger partial charge in [0.25, 0.3) is 5.91 Å². The number of anilines is 1. The van der Waals surface area contributed by atoms with Gasteiger partial charge in [0.1, 0.15) is 11.5 Å². The van der Waals surface area contributed by atoms with E-state index < -0.39 is 6.10 Å². The largest absolute Gasteiger partial charge is 0.492 e. The van der Waals surface area contributed by atoms with Crippen LogP contribution in [0, 0.1) is 0 Å². The molecule has 0 spiro atoms. The highest BCUT2D eigenvalue weighted by Gasteiger charge is 2.16. The Morgan fingerprint density at radius 3 is 2.73 bits per heavy atom. The molecule has 0 aliphatic heterocycles. The van der Waals surface area contributed by atoms with E-state index >= 15 is 0 Å². The molecule has 1 atom stereocenters. The van der Waals surface area contributed by atoms with Gasteiger partial charge in [-0.15, -0.1) is 0 Å². The van der Waals surface area contributed by atoms with Crippen LogP contribution in [0.1, 0.15) is 13.8 Å². The Morgan fingerprint density at radius 2 is 2.00 bits per heavy atom. The molecule has 0 radical (unpaired) electrons. The van der Waals surface area contributed by atoms with Crippen molar-refractivity contribution < 1.29 is 14.3 Å². The summed E-state index contributed by atoms with van der Waals surface area (Å²) in [7, 11) is 0. The summed E-state index contributed by atoms with van der Waals surface area (Å²) in [6.45, 7) is 4.15. The molecule has 22 heavy (non-hydrogen) atoms. The molecule has 0 aliphatic carbocycles. The van der Waals surface area contributed by atoms with Gasteiger partial charge in [0, 0.05) is 4.47 Å². The van der Waals surface area contributed by atoms with Gasteiger partial charge in [-0.05, 0) is 44.2 Å². The number of benzene rings is 2. The van der Waals surface area contributed by atoms with Gasteiger partial charge in [-0.3, -0.25) is 4.79 Å². The van der Waals surface area contributed by atoms with E-state index in [1.54, 1.807) is 13.0 Å². The van der Waals surface area contributed by atoms with Gasteiger partial charge in [-0.1, -0.05) is 34.1 Å². The van der Waals surface area contributed by atoms with Crippen molar-refractivity contribution in [3.63, 3.8) is 0 Å². The first kappa shape index (κ1) is 16.4. The number of rotatable bonds is 6. The number of ether oxygens (including phenoxy) is 2. The molecule has 0 heterocycles. The highest BCUT2D eigenvalue weighted by molar-refractivity contribution is 9.10. The van der Waals surface area contributed by atoms with E-state index in [1.165, 1.54) is 0 Å². The molecule has 5 heteroatoms. The maximum atomic E-state index is 12.3. The molecule has 0 saturated carbocycles. The Morgan fingerprint density at radius 1 is 1.23 bits per heavy atom. The van der Waals surface area contributed by atoms with Crippen molar-refractivity contribution in [1.29, 1.82) is 0 Å². The second-order valence-electron chi connectivity index (χ2n) is 4.64. The van der Waals surface area contributed by atoms with E-state index in [2.05, 4.69) is 21.2 Å². The van der Waals surface area contributed by atoms with Crippen molar-refractivity contribution in [2.45, 2.75) is 20.0 Å². The number of amides is 1. The molecule has 0 unspecified atom stereocenters. The lowest BCUT2D eigenvalue weighted by Gasteiger charge is -2.16. The van der Waals surface area contributed by atoms with Gasteiger partial charge in [0.05, 0.1) is 12.3 Å². The van der Waals surface area contributed by atoms with Crippen LogP contribution >= 0.6 is 15.9 Å². The van der Waals surface area contributed by atoms with Crippen molar-refractivity contribution >= 4 is 27.5 Å². The van der Waals surface area contributed by atoms with Crippen LogP contribution in [0.15, 0.2) is 53.0 Å². The fraction of sp³-hybridized carbons (Fsp3) is 0.235.